The first-order chi connectivity index (χ1) is 9.28. The Bertz CT molecular complexity index is 700. The SMILES string of the molecule is COc1cccc2c1ccn2Cc1ccc(Br)cc1. The van der Waals surface area contributed by atoms with E-state index in [9.17, 15) is 0 Å². The van der Waals surface area contributed by atoms with Gasteiger partial charge in [-0.05, 0) is 35.9 Å². The van der Waals surface area contributed by atoms with Crippen molar-refractivity contribution in [1.82, 2.24) is 4.57 Å². The molecule has 3 heteroatoms. The van der Waals surface area contributed by atoms with Gasteiger partial charge in [-0.25, -0.2) is 0 Å². The highest BCUT2D eigenvalue weighted by Crippen LogP contribution is 2.26. The van der Waals surface area contributed by atoms with Crippen molar-refractivity contribution in [2.45, 2.75) is 6.54 Å². The largest absolute Gasteiger partial charge is 0.496 e. The number of benzene rings is 2. The molecule has 2 nitrogen and oxygen atoms in total. The van der Waals surface area contributed by atoms with Crippen LogP contribution in [0.3, 0.4) is 0 Å². The molecular weight excluding hydrogens is 302 g/mol. The van der Waals surface area contributed by atoms with Gasteiger partial charge in [-0.3, -0.25) is 0 Å². The maximum atomic E-state index is 5.39. The van der Waals surface area contributed by atoms with E-state index in [1.807, 2.05) is 12.1 Å². The second-order valence-electron chi connectivity index (χ2n) is 4.46. The fraction of sp³-hybridized carbons (Fsp3) is 0.125. The number of ether oxygens (including phenoxy) is 1. The Kier molecular flexibility index (Phi) is 3.30. The summed E-state index contributed by atoms with van der Waals surface area (Å²) in [6.45, 7) is 0.865. The quantitative estimate of drug-likeness (QED) is 0.696. The maximum Gasteiger partial charge on any atom is 0.128 e. The highest BCUT2D eigenvalue weighted by Gasteiger charge is 2.05. The third-order valence-corrected chi connectivity index (χ3v) is 3.79. The Morgan fingerprint density at radius 2 is 1.84 bits per heavy atom. The number of hydrogen-bond acceptors (Lipinski definition) is 1. The predicted molar refractivity (Wildman–Crippen MR) is 81.7 cm³/mol. The molecule has 0 saturated carbocycles. The van der Waals surface area contributed by atoms with Crippen LogP contribution in [0.25, 0.3) is 10.9 Å². The van der Waals surface area contributed by atoms with E-state index in [4.69, 9.17) is 4.74 Å². The summed E-state index contributed by atoms with van der Waals surface area (Å²) in [6.07, 6.45) is 2.11. The van der Waals surface area contributed by atoms with E-state index in [2.05, 4.69) is 63.1 Å². The van der Waals surface area contributed by atoms with E-state index in [-0.39, 0.29) is 0 Å². The Balaban J connectivity index is 1.99. The van der Waals surface area contributed by atoms with Crippen molar-refractivity contribution >= 4 is 26.8 Å². The number of hydrogen-bond donors (Lipinski definition) is 0. The second kappa shape index (κ2) is 5.10. The van der Waals surface area contributed by atoms with Crippen molar-refractivity contribution in [3.05, 3.63) is 64.8 Å². The smallest absolute Gasteiger partial charge is 0.128 e. The molecule has 0 bridgehead atoms. The maximum absolute atomic E-state index is 5.39. The molecule has 3 rings (SSSR count). The number of halogens is 1. The second-order valence-corrected chi connectivity index (χ2v) is 5.38. The van der Waals surface area contributed by atoms with Gasteiger partial charge in [0.1, 0.15) is 5.75 Å². The summed E-state index contributed by atoms with van der Waals surface area (Å²) in [5.41, 5.74) is 2.48. The summed E-state index contributed by atoms with van der Waals surface area (Å²) in [4.78, 5) is 0. The summed E-state index contributed by atoms with van der Waals surface area (Å²) in [7, 11) is 1.71. The van der Waals surface area contributed by atoms with Crippen molar-refractivity contribution in [1.29, 1.82) is 0 Å². The summed E-state index contributed by atoms with van der Waals surface area (Å²) in [5, 5.41) is 1.15. The molecule has 0 saturated heterocycles. The van der Waals surface area contributed by atoms with E-state index in [1.54, 1.807) is 7.11 Å². The van der Waals surface area contributed by atoms with Crippen molar-refractivity contribution in [3.63, 3.8) is 0 Å². The minimum Gasteiger partial charge on any atom is -0.496 e. The highest BCUT2D eigenvalue weighted by molar-refractivity contribution is 9.10. The molecule has 0 aliphatic rings. The van der Waals surface area contributed by atoms with Gasteiger partial charge < -0.3 is 9.30 Å². The number of aromatic nitrogens is 1. The Labute approximate surface area is 120 Å². The molecule has 1 heterocycles. The number of rotatable bonds is 3. The molecule has 0 aliphatic heterocycles. The summed E-state index contributed by atoms with van der Waals surface area (Å²) in [6, 6.07) is 16.7. The summed E-state index contributed by atoms with van der Waals surface area (Å²) in [5.74, 6) is 0.923. The molecule has 0 aliphatic carbocycles. The zero-order chi connectivity index (χ0) is 13.2. The third-order valence-electron chi connectivity index (χ3n) is 3.26. The van der Waals surface area contributed by atoms with Gasteiger partial charge in [0.15, 0.2) is 0 Å². The molecule has 0 amide bonds. The van der Waals surface area contributed by atoms with Gasteiger partial charge in [-0.2, -0.15) is 0 Å². The van der Waals surface area contributed by atoms with Gasteiger partial charge in [0.05, 0.1) is 12.6 Å². The molecule has 96 valence electrons. The van der Waals surface area contributed by atoms with E-state index >= 15 is 0 Å². The normalized spacial score (nSPS) is 10.8. The lowest BCUT2D eigenvalue weighted by atomic mass is 10.2. The highest BCUT2D eigenvalue weighted by atomic mass is 79.9. The fourth-order valence-corrected chi connectivity index (χ4v) is 2.56. The van der Waals surface area contributed by atoms with Crippen molar-refractivity contribution in [2.24, 2.45) is 0 Å². The van der Waals surface area contributed by atoms with Gasteiger partial charge in [0, 0.05) is 22.6 Å². The van der Waals surface area contributed by atoms with Gasteiger partial charge in [0.25, 0.3) is 0 Å². The van der Waals surface area contributed by atoms with Crippen LogP contribution < -0.4 is 4.74 Å². The molecule has 0 spiro atoms. The Morgan fingerprint density at radius 1 is 1.05 bits per heavy atom. The van der Waals surface area contributed by atoms with Crippen molar-refractivity contribution in [3.8, 4) is 5.75 Å². The van der Waals surface area contributed by atoms with Crippen molar-refractivity contribution < 1.29 is 4.74 Å². The molecule has 1 aromatic heterocycles. The summed E-state index contributed by atoms with van der Waals surface area (Å²) >= 11 is 3.46. The molecule has 0 atom stereocenters. The molecule has 0 radical (unpaired) electrons. The summed E-state index contributed by atoms with van der Waals surface area (Å²) < 4.78 is 8.73. The third kappa shape index (κ3) is 2.38. The predicted octanol–water partition coefficient (Wildman–Crippen LogP) is 4.46. The molecule has 3 aromatic rings. The molecule has 0 N–H and O–H groups in total. The lowest BCUT2D eigenvalue weighted by Gasteiger charge is -2.07. The van der Waals surface area contributed by atoms with Gasteiger partial charge in [0.2, 0.25) is 0 Å². The minimum atomic E-state index is 0.865. The van der Waals surface area contributed by atoms with Crippen LogP contribution in [0.5, 0.6) is 5.75 Å². The van der Waals surface area contributed by atoms with Crippen molar-refractivity contribution in [2.75, 3.05) is 7.11 Å². The first-order valence-corrected chi connectivity index (χ1v) is 6.93. The first kappa shape index (κ1) is 12.3. The van der Waals surface area contributed by atoms with Crippen LogP contribution in [0.15, 0.2) is 59.2 Å². The average Bonchev–Trinajstić information content (AvgIpc) is 2.84. The topological polar surface area (TPSA) is 14.2 Å². The number of nitrogens with zero attached hydrogens (tertiary/aromatic N) is 1. The Morgan fingerprint density at radius 3 is 2.58 bits per heavy atom. The van der Waals surface area contributed by atoms with Crippen LogP contribution in [0.1, 0.15) is 5.56 Å². The van der Waals surface area contributed by atoms with Crippen LogP contribution in [-0.2, 0) is 6.54 Å². The lowest BCUT2D eigenvalue weighted by molar-refractivity contribution is 0.420. The van der Waals surface area contributed by atoms with Gasteiger partial charge >= 0.3 is 0 Å². The minimum absolute atomic E-state index is 0.865. The fourth-order valence-electron chi connectivity index (χ4n) is 2.30. The number of fused-ring (bicyclic) bond motifs is 1. The monoisotopic (exact) mass is 315 g/mol. The molecule has 19 heavy (non-hydrogen) atoms. The zero-order valence-corrected chi connectivity index (χ0v) is 12.2. The molecule has 0 fully saturated rings. The molecule has 2 aromatic carbocycles. The van der Waals surface area contributed by atoms with Crippen LogP contribution in [0, 0.1) is 0 Å². The van der Waals surface area contributed by atoms with E-state index in [0.717, 1.165) is 22.2 Å². The van der Waals surface area contributed by atoms with Crippen LogP contribution in [0.2, 0.25) is 0 Å². The van der Waals surface area contributed by atoms with Crippen LogP contribution in [0.4, 0.5) is 0 Å². The van der Waals surface area contributed by atoms with E-state index in [0.29, 0.717) is 0 Å². The van der Waals surface area contributed by atoms with Gasteiger partial charge in [-0.1, -0.05) is 34.1 Å². The molecule has 0 unspecified atom stereocenters. The average molecular weight is 316 g/mol. The number of methoxy groups -OCH3 is 1. The zero-order valence-electron chi connectivity index (χ0n) is 10.6. The standard InChI is InChI=1S/C16H14BrNO/c1-19-16-4-2-3-15-14(16)9-10-18(15)11-12-5-7-13(17)8-6-12/h2-10H,11H2,1H3. The lowest BCUT2D eigenvalue weighted by Crippen LogP contribution is -1.97. The van der Waals surface area contributed by atoms with E-state index < -0.39 is 0 Å². The van der Waals surface area contributed by atoms with Crippen LogP contribution in [-0.4, -0.2) is 11.7 Å². The molecular formula is C16H14BrNO. The van der Waals surface area contributed by atoms with Gasteiger partial charge in [-0.15, -0.1) is 0 Å². The Hall–Kier alpha value is -1.74. The van der Waals surface area contributed by atoms with Crippen LogP contribution >= 0.6 is 15.9 Å². The van der Waals surface area contributed by atoms with E-state index in [1.165, 1.54) is 11.1 Å². The first-order valence-electron chi connectivity index (χ1n) is 6.14.